The molecule has 9 nitrogen and oxygen atoms in total. The molecule has 32 heavy (non-hydrogen) atoms. The summed E-state index contributed by atoms with van der Waals surface area (Å²) >= 11 is 5.98. The molecule has 0 aliphatic heterocycles. The molecule has 0 spiro atoms. The molecule has 0 atom stereocenters. The van der Waals surface area contributed by atoms with Crippen molar-refractivity contribution in [2.24, 2.45) is 0 Å². The van der Waals surface area contributed by atoms with Gasteiger partial charge in [-0.25, -0.2) is 17.5 Å². The predicted molar refractivity (Wildman–Crippen MR) is 118 cm³/mol. The van der Waals surface area contributed by atoms with Crippen LogP contribution in [0.15, 0.2) is 53.4 Å². The molecule has 2 rings (SSSR count). The number of rotatable bonds is 9. The molecule has 0 aliphatic carbocycles. The molecule has 11 heteroatoms. The van der Waals surface area contributed by atoms with Gasteiger partial charge in [-0.05, 0) is 37.3 Å². The van der Waals surface area contributed by atoms with Crippen LogP contribution in [0.5, 0.6) is 0 Å². The first-order valence-electron chi connectivity index (χ1n) is 9.48. The molecule has 0 bridgehead atoms. The molecule has 172 valence electrons. The van der Waals surface area contributed by atoms with Gasteiger partial charge < -0.3 is 9.47 Å². The number of para-hydroxylation sites is 1. The molecule has 1 amide bonds. The summed E-state index contributed by atoms with van der Waals surface area (Å²) in [5.74, 6) is -2.20. The van der Waals surface area contributed by atoms with Gasteiger partial charge in [0.15, 0.2) is 6.61 Å². The van der Waals surface area contributed by atoms with Gasteiger partial charge in [0.1, 0.15) is 11.4 Å². The highest BCUT2D eigenvalue weighted by Crippen LogP contribution is 2.25. The minimum Gasteiger partial charge on any atom is -0.465 e. The summed E-state index contributed by atoms with van der Waals surface area (Å²) in [6.07, 6.45) is 0. The van der Waals surface area contributed by atoms with Crippen molar-refractivity contribution in [3.05, 3.63) is 59.1 Å². The molecule has 0 N–H and O–H groups in total. The Bertz CT molecular complexity index is 1090. The van der Waals surface area contributed by atoms with E-state index in [2.05, 4.69) is 0 Å². The lowest BCUT2D eigenvalue weighted by Crippen LogP contribution is -2.39. The van der Waals surface area contributed by atoms with E-state index in [0.29, 0.717) is 5.69 Å². The third-order valence-corrected chi connectivity index (χ3v) is 6.51. The molecule has 0 radical (unpaired) electrons. The molecule has 0 saturated carbocycles. The first kappa shape index (κ1) is 25.3. The fourth-order valence-electron chi connectivity index (χ4n) is 2.58. The van der Waals surface area contributed by atoms with E-state index in [4.69, 9.17) is 21.1 Å². The number of carbonyl (C=O) groups is 3. The average molecular weight is 483 g/mol. The second-order valence-corrected chi connectivity index (χ2v) is 9.16. The monoisotopic (exact) mass is 482 g/mol. The maximum Gasteiger partial charge on any atom is 0.338 e. The van der Waals surface area contributed by atoms with Crippen LogP contribution in [-0.4, -0.2) is 64.4 Å². The van der Waals surface area contributed by atoms with E-state index in [1.165, 1.54) is 26.2 Å². The minimum atomic E-state index is -3.90. The van der Waals surface area contributed by atoms with Crippen LogP contribution in [-0.2, 0) is 29.1 Å². The third kappa shape index (κ3) is 6.28. The van der Waals surface area contributed by atoms with Gasteiger partial charge in [-0.1, -0.05) is 29.8 Å². The van der Waals surface area contributed by atoms with Crippen molar-refractivity contribution < 1.29 is 32.3 Å². The smallest absolute Gasteiger partial charge is 0.338 e. The number of hydrogen-bond acceptors (Lipinski definition) is 7. The Kier molecular flexibility index (Phi) is 8.76. The van der Waals surface area contributed by atoms with Gasteiger partial charge in [0.25, 0.3) is 5.91 Å². The van der Waals surface area contributed by atoms with Gasteiger partial charge in [0, 0.05) is 19.8 Å². The first-order valence-corrected chi connectivity index (χ1v) is 11.3. The Morgan fingerprint density at radius 3 is 2.25 bits per heavy atom. The van der Waals surface area contributed by atoms with Gasteiger partial charge in [-0.2, -0.15) is 0 Å². The Balaban J connectivity index is 2.18. The van der Waals surface area contributed by atoms with E-state index in [9.17, 15) is 22.8 Å². The molecule has 0 fully saturated rings. The minimum absolute atomic E-state index is 0.0592. The lowest BCUT2D eigenvalue weighted by molar-refractivity contribution is -0.142. The summed E-state index contributed by atoms with van der Waals surface area (Å²) in [7, 11) is -1.24. The highest BCUT2D eigenvalue weighted by molar-refractivity contribution is 7.89. The molecule has 0 unspecified atom stereocenters. The molecule has 0 aliphatic rings. The zero-order valence-corrected chi connectivity index (χ0v) is 19.4. The maximum atomic E-state index is 12.7. The van der Waals surface area contributed by atoms with Gasteiger partial charge in [-0.3, -0.25) is 14.5 Å². The van der Waals surface area contributed by atoms with Crippen LogP contribution in [0, 0.1) is 0 Å². The van der Waals surface area contributed by atoms with Crippen LogP contribution < -0.4 is 4.90 Å². The summed E-state index contributed by atoms with van der Waals surface area (Å²) in [4.78, 5) is 37.9. The predicted octanol–water partition coefficient (Wildman–Crippen LogP) is 2.34. The number of halogens is 1. The Hall–Kier alpha value is -2.95. The van der Waals surface area contributed by atoms with Crippen molar-refractivity contribution in [1.82, 2.24) is 4.31 Å². The summed E-state index contributed by atoms with van der Waals surface area (Å²) in [5.41, 5.74) is 0.326. The second kappa shape index (κ2) is 11.1. The van der Waals surface area contributed by atoms with E-state index < -0.39 is 34.5 Å². The molecular weight excluding hydrogens is 460 g/mol. The highest BCUT2D eigenvalue weighted by Gasteiger charge is 2.24. The SMILES string of the molecule is CCOC(=O)CN(C(=O)COC(=O)c1ccc(Cl)c(S(=O)(=O)N(C)C)c1)c1ccccc1. The van der Waals surface area contributed by atoms with E-state index >= 15 is 0 Å². The van der Waals surface area contributed by atoms with Crippen LogP contribution in [0.4, 0.5) is 5.69 Å². The normalized spacial score (nSPS) is 11.2. The Morgan fingerprint density at radius 2 is 1.66 bits per heavy atom. The zero-order chi connectivity index (χ0) is 23.9. The zero-order valence-electron chi connectivity index (χ0n) is 17.8. The standard InChI is InChI=1S/C21H23ClN2O7S/c1-4-30-20(26)13-24(16-8-6-5-7-9-16)19(25)14-31-21(27)15-10-11-17(22)18(12-15)32(28,29)23(2)3/h5-12H,4,13-14H2,1-3H3. The van der Waals surface area contributed by atoms with Gasteiger partial charge in [0.2, 0.25) is 10.0 Å². The number of hydrogen-bond donors (Lipinski definition) is 0. The van der Waals surface area contributed by atoms with E-state index in [-0.39, 0.29) is 28.6 Å². The fourth-order valence-corrected chi connectivity index (χ4v) is 3.97. The molecule has 2 aromatic rings. The van der Waals surface area contributed by atoms with Crippen LogP contribution in [0.25, 0.3) is 0 Å². The van der Waals surface area contributed by atoms with Gasteiger partial charge >= 0.3 is 11.9 Å². The van der Waals surface area contributed by atoms with Crippen molar-refractivity contribution in [1.29, 1.82) is 0 Å². The summed E-state index contributed by atoms with van der Waals surface area (Å²) in [6, 6.07) is 12.0. The van der Waals surface area contributed by atoms with Crippen molar-refractivity contribution in [3.63, 3.8) is 0 Å². The molecule has 0 saturated heterocycles. The van der Waals surface area contributed by atoms with Crippen molar-refractivity contribution in [3.8, 4) is 0 Å². The lowest BCUT2D eigenvalue weighted by Gasteiger charge is -2.21. The van der Waals surface area contributed by atoms with Crippen LogP contribution in [0.1, 0.15) is 17.3 Å². The summed E-state index contributed by atoms with van der Waals surface area (Å²) in [6.45, 7) is 0.760. The van der Waals surface area contributed by atoms with Crippen LogP contribution >= 0.6 is 11.6 Å². The maximum absolute atomic E-state index is 12.7. The van der Waals surface area contributed by atoms with Crippen molar-refractivity contribution in [2.45, 2.75) is 11.8 Å². The van der Waals surface area contributed by atoms with Crippen molar-refractivity contribution >= 4 is 45.2 Å². The number of anilines is 1. The fraction of sp³-hybridized carbons (Fsp3) is 0.286. The molecule has 0 heterocycles. The number of amides is 1. The largest absolute Gasteiger partial charge is 0.465 e. The van der Waals surface area contributed by atoms with Crippen molar-refractivity contribution in [2.75, 3.05) is 38.8 Å². The number of benzene rings is 2. The van der Waals surface area contributed by atoms with E-state index in [0.717, 1.165) is 15.3 Å². The van der Waals surface area contributed by atoms with Gasteiger partial charge in [-0.15, -0.1) is 0 Å². The lowest BCUT2D eigenvalue weighted by atomic mass is 10.2. The highest BCUT2D eigenvalue weighted by atomic mass is 35.5. The summed E-state index contributed by atoms with van der Waals surface area (Å²) in [5, 5.41) is -0.0592. The topological polar surface area (TPSA) is 110 Å². The number of sulfonamides is 1. The Morgan fingerprint density at radius 1 is 1.00 bits per heavy atom. The molecule has 0 aromatic heterocycles. The summed E-state index contributed by atoms with van der Waals surface area (Å²) < 4.78 is 35.7. The second-order valence-electron chi connectivity index (χ2n) is 6.63. The van der Waals surface area contributed by atoms with Gasteiger partial charge in [0.05, 0.1) is 17.2 Å². The number of ether oxygens (including phenoxy) is 2. The van der Waals surface area contributed by atoms with E-state index in [1.807, 2.05) is 0 Å². The average Bonchev–Trinajstić information content (AvgIpc) is 2.76. The third-order valence-electron chi connectivity index (χ3n) is 4.21. The van der Waals surface area contributed by atoms with Crippen LogP contribution in [0.3, 0.4) is 0 Å². The quantitative estimate of drug-likeness (QED) is 0.504. The van der Waals surface area contributed by atoms with Crippen LogP contribution in [0.2, 0.25) is 5.02 Å². The number of esters is 2. The molecule has 2 aromatic carbocycles. The number of nitrogens with zero attached hydrogens (tertiary/aromatic N) is 2. The van der Waals surface area contributed by atoms with E-state index in [1.54, 1.807) is 37.3 Å². The molecular formula is C21H23ClN2O7S. The first-order chi connectivity index (χ1) is 15.1. The Labute approximate surface area is 191 Å². The number of carbonyl (C=O) groups excluding carboxylic acids is 3.